The maximum absolute atomic E-state index is 6.11. The molecule has 0 aliphatic carbocycles. The van der Waals surface area contributed by atoms with E-state index in [9.17, 15) is 0 Å². The fourth-order valence-electron chi connectivity index (χ4n) is 2.58. The molecule has 0 radical (unpaired) electrons. The number of hydrogen-bond donors (Lipinski definition) is 1. The molecule has 2 unspecified atom stereocenters. The van der Waals surface area contributed by atoms with E-state index in [0.29, 0.717) is 12.0 Å². The van der Waals surface area contributed by atoms with E-state index in [1.165, 1.54) is 24.8 Å². The van der Waals surface area contributed by atoms with Crippen molar-refractivity contribution in [1.29, 1.82) is 0 Å². The molecular weight excluding hydrogens is 242 g/mol. The number of hydrogen-bond acceptors (Lipinski definition) is 1. The molecule has 0 saturated heterocycles. The first kappa shape index (κ1) is 15.5. The molecule has 0 aromatic heterocycles. The Morgan fingerprint density at radius 2 is 1.94 bits per heavy atom. The van der Waals surface area contributed by atoms with Gasteiger partial charge in [-0.2, -0.15) is 0 Å². The number of rotatable bonds is 8. The van der Waals surface area contributed by atoms with Gasteiger partial charge in [-0.3, -0.25) is 0 Å². The molecule has 18 heavy (non-hydrogen) atoms. The van der Waals surface area contributed by atoms with E-state index in [-0.39, 0.29) is 0 Å². The first-order chi connectivity index (χ1) is 8.72. The largest absolute Gasteiger partial charge is 0.313 e. The second-order valence-electron chi connectivity index (χ2n) is 4.92. The molecule has 0 aliphatic heterocycles. The van der Waals surface area contributed by atoms with Crippen LogP contribution in [0.15, 0.2) is 24.3 Å². The second kappa shape index (κ2) is 8.55. The first-order valence-electron chi connectivity index (χ1n) is 7.21. The molecule has 2 heteroatoms. The van der Waals surface area contributed by atoms with E-state index in [1.807, 2.05) is 6.07 Å². The molecule has 1 nitrogen and oxygen atoms in total. The summed E-state index contributed by atoms with van der Waals surface area (Å²) in [4.78, 5) is 0. The van der Waals surface area contributed by atoms with Crippen molar-refractivity contribution in [3.05, 3.63) is 34.9 Å². The lowest BCUT2D eigenvalue weighted by Crippen LogP contribution is -2.35. The van der Waals surface area contributed by atoms with Crippen molar-refractivity contribution < 1.29 is 0 Å². The van der Waals surface area contributed by atoms with E-state index in [4.69, 9.17) is 11.6 Å². The molecule has 0 spiro atoms. The Kier molecular flexibility index (Phi) is 7.38. The quantitative estimate of drug-likeness (QED) is 0.699. The maximum atomic E-state index is 6.11. The normalized spacial score (nSPS) is 14.4. The molecule has 0 amide bonds. The topological polar surface area (TPSA) is 12.0 Å². The summed E-state index contributed by atoms with van der Waals surface area (Å²) in [5.41, 5.74) is 1.37. The third-order valence-corrected chi connectivity index (χ3v) is 3.69. The van der Waals surface area contributed by atoms with Crippen molar-refractivity contribution in [3.63, 3.8) is 0 Å². The van der Waals surface area contributed by atoms with Gasteiger partial charge in [-0.05, 0) is 49.4 Å². The van der Waals surface area contributed by atoms with Crippen LogP contribution in [0.5, 0.6) is 0 Å². The van der Waals surface area contributed by atoms with Crippen LogP contribution in [0.1, 0.15) is 57.9 Å². The second-order valence-corrected chi connectivity index (χ2v) is 5.36. The summed E-state index contributed by atoms with van der Waals surface area (Å²) in [6.45, 7) is 7.84. The van der Waals surface area contributed by atoms with E-state index >= 15 is 0 Å². The minimum absolute atomic E-state index is 0.565. The standard InChI is InChI=1S/C16H26ClN/c1-4-8-16(18-11-5-2)15(6-3)13-9-7-10-14(17)12-13/h7,9-10,12,15-16,18H,4-6,8,11H2,1-3H3. The molecule has 1 aromatic carbocycles. The van der Waals surface area contributed by atoms with Gasteiger partial charge in [0.25, 0.3) is 0 Å². The fraction of sp³-hybridized carbons (Fsp3) is 0.625. The van der Waals surface area contributed by atoms with Gasteiger partial charge < -0.3 is 5.32 Å². The summed E-state index contributed by atoms with van der Waals surface area (Å²) >= 11 is 6.11. The van der Waals surface area contributed by atoms with Crippen molar-refractivity contribution in [3.8, 4) is 0 Å². The molecule has 102 valence electrons. The van der Waals surface area contributed by atoms with Gasteiger partial charge in [0.05, 0.1) is 0 Å². The van der Waals surface area contributed by atoms with Crippen LogP contribution in [-0.2, 0) is 0 Å². The lowest BCUT2D eigenvalue weighted by Gasteiger charge is -2.27. The van der Waals surface area contributed by atoms with Gasteiger partial charge in [0.15, 0.2) is 0 Å². The molecule has 0 heterocycles. The van der Waals surface area contributed by atoms with Crippen LogP contribution in [-0.4, -0.2) is 12.6 Å². The third kappa shape index (κ3) is 4.62. The number of nitrogens with one attached hydrogen (secondary N) is 1. The number of halogens is 1. The van der Waals surface area contributed by atoms with Crippen molar-refractivity contribution in [2.24, 2.45) is 0 Å². The minimum Gasteiger partial charge on any atom is -0.313 e. The van der Waals surface area contributed by atoms with Gasteiger partial charge >= 0.3 is 0 Å². The Hall–Kier alpha value is -0.530. The van der Waals surface area contributed by atoms with E-state index in [0.717, 1.165) is 18.0 Å². The Labute approximate surface area is 117 Å². The average Bonchev–Trinajstić information content (AvgIpc) is 2.37. The zero-order valence-corrected chi connectivity index (χ0v) is 12.6. The average molecular weight is 268 g/mol. The lowest BCUT2D eigenvalue weighted by atomic mass is 9.86. The SMILES string of the molecule is CCCNC(CCC)C(CC)c1cccc(Cl)c1. The van der Waals surface area contributed by atoms with Gasteiger partial charge in [0.2, 0.25) is 0 Å². The smallest absolute Gasteiger partial charge is 0.0408 e. The molecule has 0 bridgehead atoms. The summed E-state index contributed by atoms with van der Waals surface area (Å²) in [7, 11) is 0. The van der Waals surface area contributed by atoms with Crippen LogP contribution in [0.2, 0.25) is 5.02 Å². The maximum Gasteiger partial charge on any atom is 0.0408 e. The number of benzene rings is 1. The highest BCUT2D eigenvalue weighted by Gasteiger charge is 2.20. The van der Waals surface area contributed by atoms with Crippen LogP contribution in [0.4, 0.5) is 0 Å². The van der Waals surface area contributed by atoms with Crippen LogP contribution in [0.3, 0.4) is 0 Å². The predicted molar refractivity (Wildman–Crippen MR) is 81.5 cm³/mol. The monoisotopic (exact) mass is 267 g/mol. The molecule has 0 saturated carbocycles. The first-order valence-corrected chi connectivity index (χ1v) is 7.59. The van der Waals surface area contributed by atoms with Crippen LogP contribution >= 0.6 is 11.6 Å². The van der Waals surface area contributed by atoms with Crippen LogP contribution < -0.4 is 5.32 Å². The molecule has 1 N–H and O–H groups in total. The molecule has 2 atom stereocenters. The van der Waals surface area contributed by atoms with Gasteiger partial charge in [-0.15, -0.1) is 0 Å². The molecule has 1 rings (SSSR count). The van der Waals surface area contributed by atoms with Gasteiger partial charge in [0.1, 0.15) is 0 Å². The lowest BCUT2D eigenvalue weighted by molar-refractivity contribution is 0.396. The highest BCUT2D eigenvalue weighted by Crippen LogP contribution is 2.27. The Morgan fingerprint density at radius 1 is 1.17 bits per heavy atom. The Morgan fingerprint density at radius 3 is 2.50 bits per heavy atom. The van der Waals surface area contributed by atoms with Crippen LogP contribution in [0.25, 0.3) is 0 Å². The summed E-state index contributed by atoms with van der Waals surface area (Å²) < 4.78 is 0. The van der Waals surface area contributed by atoms with E-state index in [1.54, 1.807) is 0 Å². The predicted octanol–water partition coefficient (Wildman–Crippen LogP) is 5.00. The zero-order chi connectivity index (χ0) is 13.4. The minimum atomic E-state index is 0.565. The van der Waals surface area contributed by atoms with Crippen molar-refractivity contribution in [1.82, 2.24) is 5.32 Å². The van der Waals surface area contributed by atoms with E-state index in [2.05, 4.69) is 44.3 Å². The molecule has 1 aromatic rings. The summed E-state index contributed by atoms with van der Waals surface area (Å²) in [6.07, 6.45) is 4.79. The molecule has 0 aliphatic rings. The Bertz CT molecular complexity index is 338. The zero-order valence-electron chi connectivity index (χ0n) is 11.9. The Balaban J connectivity index is 2.83. The molecule has 0 fully saturated rings. The third-order valence-electron chi connectivity index (χ3n) is 3.46. The van der Waals surface area contributed by atoms with Crippen molar-refractivity contribution >= 4 is 11.6 Å². The summed E-state index contributed by atoms with van der Waals surface area (Å²) in [5, 5.41) is 4.54. The van der Waals surface area contributed by atoms with E-state index < -0.39 is 0 Å². The van der Waals surface area contributed by atoms with Crippen LogP contribution in [0, 0.1) is 0 Å². The van der Waals surface area contributed by atoms with Gasteiger partial charge in [0, 0.05) is 11.1 Å². The van der Waals surface area contributed by atoms with Gasteiger partial charge in [-0.1, -0.05) is 50.9 Å². The fourth-order valence-corrected chi connectivity index (χ4v) is 2.77. The van der Waals surface area contributed by atoms with Crippen molar-refractivity contribution in [2.45, 2.75) is 58.4 Å². The summed E-state index contributed by atoms with van der Waals surface area (Å²) in [6, 6.07) is 8.90. The highest BCUT2D eigenvalue weighted by atomic mass is 35.5. The molecular formula is C16H26ClN. The van der Waals surface area contributed by atoms with Gasteiger partial charge in [-0.25, -0.2) is 0 Å². The van der Waals surface area contributed by atoms with Crippen molar-refractivity contribution in [2.75, 3.05) is 6.54 Å². The highest BCUT2D eigenvalue weighted by molar-refractivity contribution is 6.30. The summed E-state index contributed by atoms with van der Waals surface area (Å²) in [5.74, 6) is 0.565.